The Morgan fingerprint density at radius 1 is 1.20 bits per heavy atom. The number of aromatic nitrogens is 2. The second kappa shape index (κ2) is 7.61. The van der Waals surface area contributed by atoms with Crippen molar-refractivity contribution in [2.75, 3.05) is 25.2 Å². The number of benzene rings is 1. The summed E-state index contributed by atoms with van der Waals surface area (Å²) < 4.78 is 37.7. The number of carbonyl (C=O) groups excluding carboxylic acids is 1. The molecular weight excluding hydrogens is 416 g/mol. The molecular formula is C18H20N4O7S. The Morgan fingerprint density at radius 3 is 2.73 bits per heavy atom. The van der Waals surface area contributed by atoms with Crippen molar-refractivity contribution >= 4 is 21.6 Å². The lowest BCUT2D eigenvalue weighted by molar-refractivity contribution is -0.120. The van der Waals surface area contributed by atoms with Gasteiger partial charge in [-0.15, -0.1) is 0 Å². The molecule has 3 N–H and O–H groups in total. The molecule has 1 fully saturated rings. The number of aryl methyl sites for hydroxylation is 1. The smallest absolute Gasteiger partial charge is 0.325 e. The molecule has 0 spiro atoms. The van der Waals surface area contributed by atoms with E-state index in [2.05, 4.69) is 10.3 Å². The van der Waals surface area contributed by atoms with Gasteiger partial charge in [-0.1, -0.05) is 0 Å². The van der Waals surface area contributed by atoms with Crippen LogP contribution in [0.1, 0.15) is 18.5 Å². The second-order valence-corrected chi connectivity index (χ2v) is 9.00. The van der Waals surface area contributed by atoms with Crippen LogP contribution in [0, 0.1) is 12.8 Å². The lowest BCUT2D eigenvalue weighted by Gasteiger charge is -2.31. The highest BCUT2D eigenvalue weighted by Gasteiger charge is 2.36. The van der Waals surface area contributed by atoms with Crippen molar-refractivity contribution in [1.29, 1.82) is 0 Å². The van der Waals surface area contributed by atoms with Crippen molar-refractivity contribution in [3.8, 4) is 11.5 Å². The average Bonchev–Trinajstić information content (AvgIpc) is 3.15. The molecule has 0 bridgehead atoms. The number of hydrogen-bond acceptors (Lipinski definition) is 7. The van der Waals surface area contributed by atoms with Gasteiger partial charge in [-0.3, -0.25) is 14.6 Å². The third-order valence-corrected chi connectivity index (χ3v) is 7.09. The number of ether oxygens (including phenoxy) is 2. The topological polar surface area (TPSA) is 151 Å². The molecule has 3 heterocycles. The maximum atomic E-state index is 13.0. The van der Waals surface area contributed by atoms with Crippen molar-refractivity contribution in [3.63, 3.8) is 0 Å². The van der Waals surface area contributed by atoms with Gasteiger partial charge in [-0.05, 0) is 31.9 Å². The molecule has 1 saturated heterocycles. The number of piperidine rings is 1. The molecule has 1 amide bonds. The maximum Gasteiger partial charge on any atom is 0.325 e. The lowest BCUT2D eigenvalue weighted by atomic mass is 9.98. The quantitative estimate of drug-likeness (QED) is 0.617. The molecule has 2 aliphatic heterocycles. The third kappa shape index (κ3) is 3.71. The van der Waals surface area contributed by atoms with Crippen LogP contribution in [-0.2, 0) is 14.8 Å². The SMILES string of the molecule is Cc1[nH]c(=O)[nH]c(=O)c1S(=O)(=O)N1CCCC(C(=O)Nc2ccc3c(c2)OCO3)C1. The summed E-state index contributed by atoms with van der Waals surface area (Å²) in [5.74, 6) is 0.180. The van der Waals surface area contributed by atoms with E-state index in [4.69, 9.17) is 9.47 Å². The number of anilines is 1. The standard InChI is InChI=1S/C18H20N4O7S/c1-10-15(17(24)21-18(25)19-10)30(26,27)22-6-2-3-11(8-22)16(23)20-12-4-5-13-14(7-12)29-9-28-13/h4-5,7,11H,2-3,6,8-9H2,1H3,(H,20,23)(H2,19,21,24,25). The number of carbonyl (C=O) groups is 1. The summed E-state index contributed by atoms with van der Waals surface area (Å²) in [5, 5.41) is 2.77. The van der Waals surface area contributed by atoms with Crippen LogP contribution in [0.4, 0.5) is 5.69 Å². The van der Waals surface area contributed by atoms with Crippen LogP contribution in [0.15, 0.2) is 32.7 Å². The van der Waals surface area contributed by atoms with Gasteiger partial charge in [0.2, 0.25) is 22.7 Å². The zero-order chi connectivity index (χ0) is 21.5. The molecule has 2 aliphatic rings. The van der Waals surface area contributed by atoms with Gasteiger partial charge in [-0.25, -0.2) is 13.2 Å². The van der Waals surface area contributed by atoms with Crippen LogP contribution >= 0.6 is 0 Å². The summed E-state index contributed by atoms with van der Waals surface area (Å²) in [6, 6.07) is 4.99. The van der Waals surface area contributed by atoms with Gasteiger partial charge in [0.25, 0.3) is 5.56 Å². The Morgan fingerprint density at radius 2 is 1.97 bits per heavy atom. The number of H-pyrrole nitrogens is 2. The number of sulfonamides is 1. The first kappa shape index (κ1) is 20.2. The Labute approximate surface area is 171 Å². The van der Waals surface area contributed by atoms with Crippen LogP contribution in [0.3, 0.4) is 0 Å². The molecule has 30 heavy (non-hydrogen) atoms. The molecule has 4 rings (SSSR count). The van der Waals surface area contributed by atoms with E-state index in [9.17, 15) is 22.8 Å². The molecule has 0 radical (unpaired) electrons. The largest absolute Gasteiger partial charge is 0.454 e. The molecule has 2 aromatic rings. The molecule has 1 aromatic heterocycles. The molecule has 12 heteroatoms. The zero-order valence-corrected chi connectivity index (χ0v) is 16.9. The number of fused-ring (bicyclic) bond motifs is 1. The highest BCUT2D eigenvalue weighted by molar-refractivity contribution is 7.89. The molecule has 1 atom stereocenters. The number of aromatic amines is 2. The number of rotatable bonds is 4. The first-order valence-electron chi connectivity index (χ1n) is 9.29. The Kier molecular flexibility index (Phi) is 5.12. The van der Waals surface area contributed by atoms with Gasteiger partial charge in [0.1, 0.15) is 0 Å². The number of nitrogens with zero attached hydrogens (tertiary/aromatic N) is 1. The van der Waals surface area contributed by atoms with Crippen LogP contribution in [-0.4, -0.2) is 48.5 Å². The van der Waals surface area contributed by atoms with E-state index in [-0.39, 0.29) is 31.5 Å². The molecule has 0 aliphatic carbocycles. The fraction of sp³-hybridized carbons (Fsp3) is 0.389. The van der Waals surface area contributed by atoms with E-state index >= 15 is 0 Å². The minimum absolute atomic E-state index is 0.0457. The van der Waals surface area contributed by atoms with Crippen molar-refractivity contribution in [3.05, 3.63) is 44.7 Å². The first-order valence-corrected chi connectivity index (χ1v) is 10.7. The second-order valence-electron chi connectivity index (χ2n) is 7.12. The summed E-state index contributed by atoms with van der Waals surface area (Å²) in [4.78, 5) is 39.9. The highest BCUT2D eigenvalue weighted by atomic mass is 32.2. The van der Waals surface area contributed by atoms with Crippen LogP contribution in [0.5, 0.6) is 11.5 Å². The van der Waals surface area contributed by atoms with E-state index < -0.39 is 32.1 Å². The Hall–Kier alpha value is -3.12. The molecule has 160 valence electrons. The number of amides is 1. The number of hydrogen-bond donors (Lipinski definition) is 3. The molecule has 1 unspecified atom stereocenters. The predicted octanol–water partition coefficient (Wildman–Crippen LogP) is 0.140. The van der Waals surface area contributed by atoms with E-state index in [0.717, 1.165) is 4.31 Å². The Balaban J connectivity index is 1.52. The van der Waals surface area contributed by atoms with Crippen molar-refractivity contribution in [2.45, 2.75) is 24.7 Å². The van der Waals surface area contributed by atoms with Crippen molar-refractivity contribution in [1.82, 2.24) is 14.3 Å². The van der Waals surface area contributed by atoms with Crippen LogP contribution < -0.4 is 26.0 Å². The molecule has 1 aromatic carbocycles. The summed E-state index contributed by atoms with van der Waals surface area (Å²) in [6.07, 6.45) is 0.960. The van der Waals surface area contributed by atoms with E-state index in [1.807, 2.05) is 4.98 Å². The monoisotopic (exact) mass is 436 g/mol. The summed E-state index contributed by atoms with van der Waals surface area (Å²) in [6.45, 7) is 1.56. The van der Waals surface area contributed by atoms with Gasteiger partial charge in [0.15, 0.2) is 16.4 Å². The minimum Gasteiger partial charge on any atom is -0.454 e. The summed E-state index contributed by atoms with van der Waals surface area (Å²) >= 11 is 0. The van der Waals surface area contributed by atoms with Gasteiger partial charge in [-0.2, -0.15) is 4.31 Å². The van der Waals surface area contributed by atoms with Gasteiger partial charge >= 0.3 is 5.69 Å². The lowest BCUT2D eigenvalue weighted by Crippen LogP contribution is -2.45. The summed E-state index contributed by atoms with van der Waals surface area (Å²) in [5.41, 5.74) is -1.30. The first-order chi connectivity index (χ1) is 14.3. The predicted molar refractivity (Wildman–Crippen MR) is 105 cm³/mol. The van der Waals surface area contributed by atoms with Gasteiger partial charge in [0, 0.05) is 30.5 Å². The zero-order valence-electron chi connectivity index (χ0n) is 16.1. The van der Waals surface area contributed by atoms with Crippen LogP contribution in [0.2, 0.25) is 0 Å². The van der Waals surface area contributed by atoms with Gasteiger partial charge < -0.3 is 19.8 Å². The normalized spacial score (nSPS) is 18.9. The van der Waals surface area contributed by atoms with Crippen molar-refractivity contribution < 1.29 is 22.7 Å². The average molecular weight is 436 g/mol. The maximum absolute atomic E-state index is 13.0. The third-order valence-electron chi connectivity index (χ3n) is 5.07. The van der Waals surface area contributed by atoms with Gasteiger partial charge in [0.05, 0.1) is 5.92 Å². The fourth-order valence-electron chi connectivity index (χ4n) is 3.62. The molecule has 11 nitrogen and oxygen atoms in total. The van der Waals surface area contributed by atoms with Crippen molar-refractivity contribution in [2.24, 2.45) is 5.92 Å². The molecule has 0 saturated carbocycles. The fourth-order valence-corrected chi connectivity index (χ4v) is 5.35. The van der Waals surface area contributed by atoms with E-state index in [1.54, 1.807) is 18.2 Å². The van der Waals surface area contributed by atoms with E-state index in [1.165, 1.54) is 6.92 Å². The number of nitrogens with one attached hydrogen (secondary N) is 3. The highest BCUT2D eigenvalue weighted by Crippen LogP contribution is 2.34. The Bertz CT molecular complexity index is 1220. The summed E-state index contributed by atoms with van der Waals surface area (Å²) in [7, 11) is -4.18. The minimum atomic E-state index is -4.18. The van der Waals surface area contributed by atoms with Crippen LogP contribution in [0.25, 0.3) is 0 Å². The van der Waals surface area contributed by atoms with E-state index in [0.29, 0.717) is 30.0 Å².